The van der Waals surface area contributed by atoms with E-state index >= 15 is 0 Å². The first-order chi connectivity index (χ1) is 14.3. The molecule has 11 heteroatoms. The number of amides is 1. The smallest absolute Gasteiger partial charge is 0.271 e. The van der Waals surface area contributed by atoms with Gasteiger partial charge < -0.3 is 11.1 Å². The van der Waals surface area contributed by atoms with Crippen molar-refractivity contribution in [2.45, 2.75) is 6.42 Å². The van der Waals surface area contributed by atoms with Crippen molar-refractivity contribution in [3.63, 3.8) is 0 Å². The lowest BCUT2D eigenvalue weighted by Gasteiger charge is -2.17. The van der Waals surface area contributed by atoms with Gasteiger partial charge >= 0.3 is 0 Å². The van der Waals surface area contributed by atoms with Crippen LogP contribution in [0.15, 0.2) is 48.7 Å². The number of para-hydroxylation sites is 1. The summed E-state index contributed by atoms with van der Waals surface area (Å²) in [6, 6.07) is 11.9. The number of hydrogen-bond donors (Lipinski definition) is 2. The van der Waals surface area contributed by atoms with Crippen LogP contribution in [0.25, 0.3) is 5.69 Å². The molecule has 2 heterocycles. The van der Waals surface area contributed by atoms with Crippen molar-refractivity contribution < 1.29 is 13.2 Å². The van der Waals surface area contributed by atoms with Gasteiger partial charge in [0.15, 0.2) is 5.69 Å². The number of primary amides is 1. The summed E-state index contributed by atoms with van der Waals surface area (Å²) in [5, 5.41) is 8.03. The van der Waals surface area contributed by atoms with Crippen molar-refractivity contribution in [1.82, 2.24) is 9.78 Å². The van der Waals surface area contributed by atoms with Crippen molar-refractivity contribution in [2.75, 3.05) is 21.9 Å². The molecule has 1 aromatic heterocycles. The van der Waals surface area contributed by atoms with E-state index < -0.39 is 15.9 Å². The summed E-state index contributed by atoms with van der Waals surface area (Å²) in [7, 11) is -3.25. The van der Waals surface area contributed by atoms with Gasteiger partial charge in [-0.3, -0.25) is 9.10 Å². The van der Waals surface area contributed by atoms with E-state index in [-0.39, 0.29) is 11.4 Å². The topological polar surface area (TPSA) is 110 Å². The van der Waals surface area contributed by atoms with Crippen LogP contribution < -0.4 is 15.4 Å². The molecular formula is C19H17Cl2N5O3S. The number of anilines is 3. The van der Waals surface area contributed by atoms with Crippen LogP contribution in [0.5, 0.6) is 0 Å². The Bertz CT molecular complexity index is 1210. The zero-order valence-corrected chi connectivity index (χ0v) is 17.9. The summed E-state index contributed by atoms with van der Waals surface area (Å²) in [5.74, 6) is -0.571. The minimum Gasteiger partial charge on any atom is -0.364 e. The molecule has 1 saturated heterocycles. The van der Waals surface area contributed by atoms with Crippen molar-refractivity contribution in [3.05, 3.63) is 64.4 Å². The standard InChI is InChI=1S/C19H17Cl2N5O3S/c20-14-3-1-4-15(21)18(14)25-11-16(17(24-25)19(22)27)23-12-5-7-13(8-6-12)26-9-2-10-30(26,28)29/h1,3-8,11,23H,2,9-10H2,(H2,22,27). The van der Waals surface area contributed by atoms with E-state index in [9.17, 15) is 13.2 Å². The van der Waals surface area contributed by atoms with Gasteiger partial charge in [0.05, 0.1) is 33.4 Å². The Morgan fingerprint density at radius 2 is 1.77 bits per heavy atom. The van der Waals surface area contributed by atoms with Gasteiger partial charge in [-0.25, -0.2) is 13.1 Å². The van der Waals surface area contributed by atoms with E-state index in [1.54, 1.807) is 48.7 Å². The van der Waals surface area contributed by atoms with Crippen LogP contribution >= 0.6 is 23.2 Å². The Morgan fingerprint density at radius 1 is 1.10 bits per heavy atom. The molecule has 0 bridgehead atoms. The summed E-state index contributed by atoms with van der Waals surface area (Å²) < 4.78 is 26.9. The van der Waals surface area contributed by atoms with Crippen LogP contribution in [0.1, 0.15) is 16.9 Å². The largest absolute Gasteiger partial charge is 0.364 e. The number of nitrogens with two attached hydrogens (primary N) is 1. The SMILES string of the molecule is NC(=O)c1nn(-c2c(Cl)cccc2Cl)cc1Nc1ccc(N2CCCS2(=O)=O)cc1. The third kappa shape index (κ3) is 3.83. The third-order valence-electron chi connectivity index (χ3n) is 4.65. The molecule has 2 aromatic carbocycles. The number of aromatic nitrogens is 2. The molecule has 0 saturated carbocycles. The van der Waals surface area contributed by atoms with E-state index in [4.69, 9.17) is 28.9 Å². The molecule has 8 nitrogen and oxygen atoms in total. The average molecular weight is 466 g/mol. The van der Waals surface area contributed by atoms with Gasteiger partial charge in [0.2, 0.25) is 10.0 Å². The minimum atomic E-state index is -3.25. The molecule has 3 N–H and O–H groups in total. The molecule has 0 unspecified atom stereocenters. The molecule has 1 aliphatic heterocycles. The fraction of sp³-hybridized carbons (Fsp3) is 0.158. The normalized spacial score (nSPS) is 15.3. The van der Waals surface area contributed by atoms with Crippen LogP contribution in [-0.4, -0.2) is 36.4 Å². The van der Waals surface area contributed by atoms with Gasteiger partial charge in [-0.1, -0.05) is 29.3 Å². The van der Waals surface area contributed by atoms with Gasteiger partial charge in [-0.05, 0) is 42.8 Å². The van der Waals surface area contributed by atoms with Gasteiger partial charge in [-0.2, -0.15) is 5.10 Å². The van der Waals surface area contributed by atoms with E-state index in [1.807, 2.05) is 0 Å². The van der Waals surface area contributed by atoms with Gasteiger partial charge in [0.25, 0.3) is 5.91 Å². The fourth-order valence-electron chi connectivity index (χ4n) is 3.27. The summed E-state index contributed by atoms with van der Waals surface area (Å²) in [6.07, 6.45) is 2.17. The molecule has 4 rings (SSSR count). The molecule has 0 spiro atoms. The average Bonchev–Trinajstić information content (AvgIpc) is 3.25. The molecule has 156 valence electrons. The fourth-order valence-corrected chi connectivity index (χ4v) is 5.40. The highest BCUT2D eigenvalue weighted by atomic mass is 35.5. The Labute approximate surface area is 183 Å². The molecule has 30 heavy (non-hydrogen) atoms. The van der Waals surface area contributed by atoms with Crippen molar-refractivity contribution in [2.24, 2.45) is 5.73 Å². The number of rotatable bonds is 5. The second-order valence-corrected chi connectivity index (χ2v) is 9.51. The lowest BCUT2D eigenvalue weighted by Crippen LogP contribution is -2.24. The maximum absolute atomic E-state index is 12.1. The Balaban J connectivity index is 1.65. The monoisotopic (exact) mass is 465 g/mol. The Hall–Kier alpha value is -2.75. The van der Waals surface area contributed by atoms with Crippen LogP contribution in [0.3, 0.4) is 0 Å². The summed E-state index contributed by atoms with van der Waals surface area (Å²) in [6.45, 7) is 0.465. The number of benzene rings is 2. The number of nitrogens with one attached hydrogen (secondary N) is 1. The first kappa shape index (κ1) is 20.5. The minimum absolute atomic E-state index is 0.0113. The number of sulfonamides is 1. The number of carbonyl (C=O) groups excluding carboxylic acids is 1. The summed E-state index contributed by atoms with van der Waals surface area (Å²) >= 11 is 12.5. The molecule has 0 aliphatic carbocycles. The number of nitrogens with zero attached hydrogens (tertiary/aromatic N) is 3. The van der Waals surface area contributed by atoms with Gasteiger partial charge in [0, 0.05) is 12.2 Å². The lowest BCUT2D eigenvalue weighted by molar-refractivity contribution is 0.0996. The van der Waals surface area contributed by atoms with Crippen LogP contribution in [0.4, 0.5) is 17.1 Å². The van der Waals surface area contributed by atoms with Crippen molar-refractivity contribution in [3.8, 4) is 5.69 Å². The highest BCUT2D eigenvalue weighted by molar-refractivity contribution is 7.93. The first-order valence-corrected chi connectivity index (χ1v) is 11.3. The van der Waals surface area contributed by atoms with E-state index in [2.05, 4.69) is 10.4 Å². The van der Waals surface area contributed by atoms with Crippen LogP contribution in [-0.2, 0) is 10.0 Å². The molecular weight excluding hydrogens is 449 g/mol. The number of carbonyl (C=O) groups is 1. The summed E-state index contributed by atoms with van der Waals surface area (Å²) in [5.41, 5.74) is 7.49. The maximum Gasteiger partial charge on any atom is 0.271 e. The van der Waals surface area contributed by atoms with Crippen molar-refractivity contribution >= 4 is 56.2 Å². The molecule has 0 radical (unpaired) electrons. The quantitative estimate of drug-likeness (QED) is 0.598. The summed E-state index contributed by atoms with van der Waals surface area (Å²) in [4.78, 5) is 11.9. The van der Waals surface area contributed by atoms with Crippen LogP contribution in [0, 0.1) is 0 Å². The van der Waals surface area contributed by atoms with Crippen LogP contribution in [0.2, 0.25) is 10.0 Å². The lowest BCUT2D eigenvalue weighted by atomic mass is 10.2. The molecule has 1 fully saturated rings. The maximum atomic E-state index is 12.1. The van der Waals surface area contributed by atoms with E-state index in [1.165, 1.54) is 8.99 Å². The number of halogens is 2. The molecule has 1 aliphatic rings. The predicted molar refractivity (Wildman–Crippen MR) is 118 cm³/mol. The molecule has 0 atom stereocenters. The Kier molecular flexibility index (Phi) is 5.35. The second-order valence-electron chi connectivity index (χ2n) is 6.68. The highest BCUT2D eigenvalue weighted by Gasteiger charge is 2.28. The number of hydrogen-bond acceptors (Lipinski definition) is 5. The molecule has 3 aromatic rings. The Morgan fingerprint density at radius 3 is 2.33 bits per heavy atom. The zero-order valence-electron chi connectivity index (χ0n) is 15.5. The third-order valence-corrected chi connectivity index (χ3v) is 7.13. The van der Waals surface area contributed by atoms with Crippen molar-refractivity contribution in [1.29, 1.82) is 0 Å². The predicted octanol–water partition coefficient (Wildman–Crippen LogP) is 3.56. The zero-order chi connectivity index (χ0) is 21.5. The van der Waals surface area contributed by atoms with E-state index in [0.717, 1.165) is 0 Å². The highest BCUT2D eigenvalue weighted by Crippen LogP contribution is 2.31. The first-order valence-electron chi connectivity index (χ1n) is 8.97. The molecule has 1 amide bonds. The van der Waals surface area contributed by atoms with E-state index in [0.29, 0.717) is 45.8 Å². The second kappa shape index (κ2) is 7.82. The van der Waals surface area contributed by atoms with Gasteiger partial charge in [-0.15, -0.1) is 0 Å². The van der Waals surface area contributed by atoms with Gasteiger partial charge in [0.1, 0.15) is 5.69 Å².